The average Bonchev–Trinajstić information content (AvgIpc) is 2.11. The van der Waals surface area contributed by atoms with Crippen molar-refractivity contribution >= 4 is 9.84 Å². The Balaban J connectivity index is 3.75. The van der Waals surface area contributed by atoms with Gasteiger partial charge in [-0.3, -0.25) is 0 Å². The molecular formula is C10H23NO3S. The summed E-state index contributed by atoms with van der Waals surface area (Å²) in [6, 6.07) is 0. The molecule has 1 atom stereocenters. The Hall–Kier alpha value is -0.130. The molecule has 1 unspecified atom stereocenters. The molecule has 0 rings (SSSR count). The SMILES string of the molecule is CCCS(=O)(=O)CCN(C)CCC(C)O. The van der Waals surface area contributed by atoms with E-state index in [1.807, 2.05) is 18.9 Å². The number of rotatable bonds is 8. The van der Waals surface area contributed by atoms with Crippen LogP contribution in [0.4, 0.5) is 0 Å². The van der Waals surface area contributed by atoms with Crippen LogP contribution in [0.25, 0.3) is 0 Å². The molecule has 0 aromatic rings. The molecule has 0 aliphatic carbocycles. The molecule has 15 heavy (non-hydrogen) atoms. The minimum absolute atomic E-state index is 0.219. The first kappa shape index (κ1) is 14.9. The quantitative estimate of drug-likeness (QED) is 0.668. The van der Waals surface area contributed by atoms with Crippen LogP contribution in [0, 0.1) is 0 Å². The fourth-order valence-electron chi connectivity index (χ4n) is 1.23. The van der Waals surface area contributed by atoms with Gasteiger partial charge in [0.25, 0.3) is 0 Å². The summed E-state index contributed by atoms with van der Waals surface area (Å²) in [6.45, 7) is 4.89. The summed E-state index contributed by atoms with van der Waals surface area (Å²) in [5, 5.41) is 9.07. The predicted molar refractivity (Wildman–Crippen MR) is 62.7 cm³/mol. The van der Waals surface area contributed by atoms with E-state index in [0.717, 1.165) is 6.54 Å². The Morgan fingerprint density at radius 3 is 2.33 bits per heavy atom. The monoisotopic (exact) mass is 237 g/mol. The standard InChI is InChI=1S/C10H23NO3S/c1-4-8-15(13,14)9-7-11(3)6-5-10(2)12/h10,12H,4-9H2,1-3H3. The van der Waals surface area contributed by atoms with Gasteiger partial charge in [0.2, 0.25) is 0 Å². The zero-order valence-electron chi connectivity index (χ0n) is 9.94. The van der Waals surface area contributed by atoms with Gasteiger partial charge in [-0.1, -0.05) is 6.92 Å². The van der Waals surface area contributed by atoms with Crippen molar-refractivity contribution in [3.63, 3.8) is 0 Å². The Morgan fingerprint density at radius 1 is 1.27 bits per heavy atom. The fraction of sp³-hybridized carbons (Fsp3) is 1.00. The molecule has 0 aliphatic heterocycles. The Morgan fingerprint density at radius 2 is 1.87 bits per heavy atom. The molecule has 0 bridgehead atoms. The smallest absolute Gasteiger partial charge is 0.151 e. The summed E-state index contributed by atoms with van der Waals surface area (Å²) in [6.07, 6.45) is 1.05. The highest BCUT2D eigenvalue weighted by atomic mass is 32.2. The van der Waals surface area contributed by atoms with Crippen molar-refractivity contribution in [1.29, 1.82) is 0 Å². The van der Waals surface area contributed by atoms with E-state index < -0.39 is 9.84 Å². The minimum atomic E-state index is -2.87. The summed E-state index contributed by atoms with van der Waals surface area (Å²) in [7, 11) is -0.991. The van der Waals surface area contributed by atoms with Crippen molar-refractivity contribution < 1.29 is 13.5 Å². The molecule has 1 N–H and O–H groups in total. The lowest BCUT2D eigenvalue weighted by Gasteiger charge is -2.17. The maximum Gasteiger partial charge on any atom is 0.151 e. The molecule has 4 nitrogen and oxygen atoms in total. The van der Waals surface area contributed by atoms with Gasteiger partial charge in [-0.15, -0.1) is 0 Å². The molecule has 0 radical (unpaired) electrons. The Labute approximate surface area is 93.2 Å². The van der Waals surface area contributed by atoms with E-state index in [-0.39, 0.29) is 17.6 Å². The van der Waals surface area contributed by atoms with E-state index in [1.165, 1.54) is 0 Å². The molecule has 0 aromatic heterocycles. The van der Waals surface area contributed by atoms with Crippen LogP contribution in [0.2, 0.25) is 0 Å². The van der Waals surface area contributed by atoms with Crippen LogP contribution in [0.5, 0.6) is 0 Å². The molecule has 0 heterocycles. The highest BCUT2D eigenvalue weighted by molar-refractivity contribution is 7.91. The number of hydrogen-bond acceptors (Lipinski definition) is 4. The van der Waals surface area contributed by atoms with E-state index in [2.05, 4.69) is 0 Å². The lowest BCUT2D eigenvalue weighted by atomic mass is 10.3. The fourth-order valence-corrected chi connectivity index (χ4v) is 2.64. The van der Waals surface area contributed by atoms with Crippen molar-refractivity contribution in [2.75, 3.05) is 31.6 Å². The van der Waals surface area contributed by atoms with Crippen LogP contribution in [-0.4, -0.2) is 56.2 Å². The van der Waals surface area contributed by atoms with Crippen LogP contribution >= 0.6 is 0 Å². The van der Waals surface area contributed by atoms with Crippen molar-refractivity contribution in [2.24, 2.45) is 0 Å². The van der Waals surface area contributed by atoms with Crippen LogP contribution in [-0.2, 0) is 9.84 Å². The van der Waals surface area contributed by atoms with Crippen molar-refractivity contribution in [3.05, 3.63) is 0 Å². The second kappa shape index (κ2) is 7.19. The van der Waals surface area contributed by atoms with Gasteiger partial charge in [-0.05, 0) is 26.8 Å². The molecule has 5 heteroatoms. The Bertz CT molecular complexity index is 249. The molecular weight excluding hydrogens is 214 g/mol. The van der Waals surface area contributed by atoms with Gasteiger partial charge < -0.3 is 10.0 Å². The normalized spacial score (nSPS) is 14.5. The number of nitrogens with zero attached hydrogens (tertiary/aromatic N) is 1. The average molecular weight is 237 g/mol. The van der Waals surface area contributed by atoms with E-state index in [4.69, 9.17) is 5.11 Å². The number of aliphatic hydroxyl groups excluding tert-OH is 1. The molecule has 0 spiro atoms. The van der Waals surface area contributed by atoms with Gasteiger partial charge >= 0.3 is 0 Å². The lowest BCUT2D eigenvalue weighted by molar-refractivity contribution is 0.166. The van der Waals surface area contributed by atoms with Crippen LogP contribution in [0.15, 0.2) is 0 Å². The van der Waals surface area contributed by atoms with Crippen molar-refractivity contribution in [3.8, 4) is 0 Å². The molecule has 0 aliphatic rings. The van der Waals surface area contributed by atoms with Crippen molar-refractivity contribution in [1.82, 2.24) is 4.90 Å². The molecule has 0 amide bonds. The van der Waals surface area contributed by atoms with Gasteiger partial charge in [-0.2, -0.15) is 0 Å². The zero-order chi connectivity index (χ0) is 11.9. The maximum absolute atomic E-state index is 11.4. The van der Waals surface area contributed by atoms with Crippen LogP contribution in [0.1, 0.15) is 26.7 Å². The van der Waals surface area contributed by atoms with E-state index in [1.54, 1.807) is 6.92 Å². The first-order valence-corrected chi connectivity index (χ1v) is 7.26. The first-order valence-electron chi connectivity index (χ1n) is 5.44. The summed E-state index contributed by atoms with van der Waals surface area (Å²) in [5.41, 5.74) is 0. The highest BCUT2D eigenvalue weighted by Crippen LogP contribution is 1.97. The highest BCUT2D eigenvalue weighted by Gasteiger charge is 2.10. The van der Waals surface area contributed by atoms with Gasteiger partial charge in [0.15, 0.2) is 9.84 Å². The van der Waals surface area contributed by atoms with Crippen molar-refractivity contribution in [2.45, 2.75) is 32.8 Å². The summed E-state index contributed by atoms with van der Waals surface area (Å²) in [4.78, 5) is 1.94. The summed E-state index contributed by atoms with van der Waals surface area (Å²) in [5.74, 6) is 0.494. The molecule has 0 fully saturated rings. The number of aliphatic hydroxyl groups is 1. The van der Waals surface area contributed by atoms with E-state index in [9.17, 15) is 8.42 Å². The molecule has 92 valence electrons. The Kier molecular flexibility index (Phi) is 7.13. The second-order valence-electron chi connectivity index (χ2n) is 4.09. The lowest BCUT2D eigenvalue weighted by Crippen LogP contribution is -2.29. The molecule has 0 saturated heterocycles. The van der Waals surface area contributed by atoms with Gasteiger partial charge in [-0.25, -0.2) is 8.42 Å². The maximum atomic E-state index is 11.4. The summed E-state index contributed by atoms with van der Waals surface area (Å²) < 4.78 is 22.8. The molecule has 0 saturated carbocycles. The topological polar surface area (TPSA) is 57.6 Å². The molecule has 0 aromatic carbocycles. The largest absolute Gasteiger partial charge is 0.393 e. The van der Waals surface area contributed by atoms with Gasteiger partial charge in [0.1, 0.15) is 0 Å². The van der Waals surface area contributed by atoms with Gasteiger partial charge in [0.05, 0.1) is 11.9 Å². The minimum Gasteiger partial charge on any atom is -0.393 e. The third-order valence-electron chi connectivity index (χ3n) is 2.23. The van der Waals surface area contributed by atoms with Crippen LogP contribution < -0.4 is 0 Å². The first-order chi connectivity index (χ1) is 6.87. The third-order valence-corrected chi connectivity index (χ3v) is 4.06. The van der Waals surface area contributed by atoms with Gasteiger partial charge in [0, 0.05) is 18.8 Å². The number of hydrogen-bond donors (Lipinski definition) is 1. The van der Waals surface area contributed by atoms with E-state index in [0.29, 0.717) is 19.4 Å². The second-order valence-corrected chi connectivity index (χ2v) is 6.40. The zero-order valence-corrected chi connectivity index (χ0v) is 10.8. The van der Waals surface area contributed by atoms with E-state index >= 15 is 0 Å². The predicted octanol–water partition coefficient (Wildman–Crippen LogP) is 0.514. The van der Waals surface area contributed by atoms with Crippen LogP contribution in [0.3, 0.4) is 0 Å². The third kappa shape index (κ3) is 8.84. The number of sulfone groups is 1. The summed E-state index contributed by atoms with van der Waals surface area (Å²) >= 11 is 0.